The molecule has 0 saturated carbocycles. The zero-order valence-electron chi connectivity index (χ0n) is 14.8. The van der Waals surface area contributed by atoms with Gasteiger partial charge in [0.15, 0.2) is 0 Å². The van der Waals surface area contributed by atoms with E-state index in [1.165, 1.54) is 22.9 Å². The summed E-state index contributed by atoms with van der Waals surface area (Å²) in [5, 5.41) is 4.63. The van der Waals surface area contributed by atoms with Gasteiger partial charge in [-0.25, -0.2) is 4.98 Å². The number of anilines is 1. The van der Waals surface area contributed by atoms with E-state index >= 15 is 0 Å². The number of hydrogen-bond donors (Lipinski definition) is 1. The molecule has 4 heteroatoms. The fourth-order valence-electron chi connectivity index (χ4n) is 3.49. The summed E-state index contributed by atoms with van der Waals surface area (Å²) in [5.74, 6) is 1.99. The van der Waals surface area contributed by atoms with Gasteiger partial charge in [0.25, 0.3) is 0 Å². The van der Waals surface area contributed by atoms with Crippen LogP contribution in [0.1, 0.15) is 31.0 Å². The van der Waals surface area contributed by atoms with E-state index in [1.807, 2.05) is 0 Å². The number of ether oxygens (including phenoxy) is 1. The summed E-state index contributed by atoms with van der Waals surface area (Å²) in [6.07, 6.45) is 6.44. The molecular formula is C21H25N3O. The fraction of sp³-hybridized carbons (Fsp3) is 0.381. The molecule has 0 amide bonds. The van der Waals surface area contributed by atoms with E-state index in [0.29, 0.717) is 6.61 Å². The minimum atomic E-state index is 0.646. The van der Waals surface area contributed by atoms with Crippen LogP contribution >= 0.6 is 0 Å². The molecule has 1 aliphatic rings. The number of nitrogens with zero attached hydrogens (tertiary/aromatic N) is 2. The van der Waals surface area contributed by atoms with E-state index in [0.717, 1.165) is 49.6 Å². The molecule has 0 spiro atoms. The van der Waals surface area contributed by atoms with Crippen molar-refractivity contribution in [2.24, 2.45) is 0 Å². The zero-order valence-corrected chi connectivity index (χ0v) is 14.8. The van der Waals surface area contributed by atoms with Crippen molar-refractivity contribution in [3.63, 3.8) is 0 Å². The molecule has 0 fully saturated rings. The van der Waals surface area contributed by atoms with Crippen LogP contribution in [0.5, 0.6) is 5.75 Å². The van der Waals surface area contributed by atoms with E-state index in [1.54, 1.807) is 0 Å². The van der Waals surface area contributed by atoms with Crippen LogP contribution in [0.4, 0.5) is 5.82 Å². The van der Waals surface area contributed by atoms with Gasteiger partial charge in [-0.2, -0.15) is 0 Å². The molecule has 3 aromatic rings. The molecule has 1 aliphatic heterocycles. The predicted octanol–water partition coefficient (Wildman–Crippen LogP) is 4.43. The third kappa shape index (κ3) is 3.48. The van der Waals surface area contributed by atoms with Gasteiger partial charge in [-0.3, -0.25) is 0 Å². The molecule has 0 aliphatic carbocycles. The van der Waals surface area contributed by atoms with Crippen LogP contribution in [0.3, 0.4) is 0 Å². The summed E-state index contributed by atoms with van der Waals surface area (Å²) in [6.45, 7) is 4.93. The van der Waals surface area contributed by atoms with Crippen molar-refractivity contribution < 1.29 is 4.74 Å². The summed E-state index contributed by atoms with van der Waals surface area (Å²) in [5.41, 5.74) is 3.69. The second kappa shape index (κ2) is 7.18. The Bertz CT molecular complexity index is 869. The number of aryl methyl sites for hydroxylation is 2. The Morgan fingerprint density at radius 3 is 3.08 bits per heavy atom. The number of hydrogen-bond acceptors (Lipinski definition) is 3. The molecule has 0 radical (unpaired) electrons. The average Bonchev–Trinajstić information content (AvgIpc) is 3.04. The molecule has 2 aromatic heterocycles. The molecule has 4 rings (SSSR count). The number of benzene rings is 1. The largest absolute Gasteiger partial charge is 0.493 e. The third-order valence-corrected chi connectivity index (χ3v) is 4.79. The van der Waals surface area contributed by atoms with Gasteiger partial charge in [-0.1, -0.05) is 13.0 Å². The molecule has 0 saturated heterocycles. The Morgan fingerprint density at radius 1 is 1.20 bits per heavy atom. The van der Waals surface area contributed by atoms with Crippen molar-refractivity contribution >= 4 is 16.7 Å². The highest BCUT2D eigenvalue weighted by Crippen LogP contribution is 2.23. The topological polar surface area (TPSA) is 39.1 Å². The van der Waals surface area contributed by atoms with Crippen molar-refractivity contribution in [1.82, 2.24) is 9.55 Å². The van der Waals surface area contributed by atoms with Gasteiger partial charge in [-0.15, -0.1) is 0 Å². The first-order chi connectivity index (χ1) is 12.3. The average molecular weight is 335 g/mol. The first-order valence-corrected chi connectivity index (χ1v) is 9.28. The SMILES string of the molecule is CCCn1ccc2cc(OCCc3ccc4c(n3)NCCC4)ccc21. The Kier molecular flexibility index (Phi) is 4.59. The van der Waals surface area contributed by atoms with Gasteiger partial charge in [0.05, 0.1) is 6.61 Å². The Balaban J connectivity index is 1.39. The van der Waals surface area contributed by atoms with Crippen LogP contribution in [-0.4, -0.2) is 22.7 Å². The molecule has 0 atom stereocenters. The minimum absolute atomic E-state index is 0.646. The summed E-state index contributed by atoms with van der Waals surface area (Å²) < 4.78 is 8.26. The summed E-state index contributed by atoms with van der Waals surface area (Å²) in [6, 6.07) is 12.8. The van der Waals surface area contributed by atoms with Crippen molar-refractivity contribution in [3.8, 4) is 5.75 Å². The van der Waals surface area contributed by atoms with Gasteiger partial charge < -0.3 is 14.6 Å². The van der Waals surface area contributed by atoms with Crippen LogP contribution < -0.4 is 10.1 Å². The predicted molar refractivity (Wildman–Crippen MR) is 102 cm³/mol. The molecule has 4 nitrogen and oxygen atoms in total. The van der Waals surface area contributed by atoms with Gasteiger partial charge in [0.1, 0.15) is 11.6 Å². The van der Waals surface area contributed by atoms with E-state index in [-0.39, 0.29) is 0 Å². The van der Waals surface area contributed by atoms with E-state index in [2.05, 4.69) is 59.4 Å². The van der Waals surface area contributed by atoms with Gasteiger partial charge in [0, 0.05) is 42.3 Å². The maximum atomic E-state index is 5.96. The van der Waals surface area contributed by atoms with Crippen LogP contribution in [0.25, 0.3) is 10.9 Å². The molecule has 0 bridgehead atoms. The van der Waals surface area contributed by atoms with Crippen molar-refractivity contribution in [2.45, 2.75) is 39.2 Å². The molecule has 25 heavy (non-hydrogen) atoms. The summed E-state index contributed by atoms with van der Waals surface area (Å²) >= 11 is 0. The number of aromatic nitrogens is 2. The number of nitrogens with one attached hydrogen (secondary N) is 1. The highest BCUT2D eigenvalue weighted by atomic mass is 16.5. The Labute approximate surface area is 148 Å². The minimum Gasteiger partial charge on any atom is -0.493 e. The monoisotopic (exact) mass is 335 g/mol. The lowest BCUT2D eigenvalue weighted by atomic mass is 10.1. The van der Waals surface area contributed by atoms with Gasteiger partial charge in [0.2, 0.25) is 0 Å². The molecule has 1 N–H and O–H groups in total. The normalized spacial score (nSPS) is 13.5. The molecule has 0 unspecified atom stereocenters. The molecule has 130 valence electrons. The summed E-state index contributed by atoms with van der Waals surface area (Å²) in [7, 11) is 0. The van der Waals surface area contributed by atoms with E-state index in [4.69, 9.17) is 9.72 Å². The van der Waals surface area contributed by atoms with E-state index < -0.39 is 0 Å². The fourth-order valence-corrected chi connectivity index (χ4v) is 3.49. The second-order valence-corrected chi connectivity index (χ2v) is 6.67. The molecule has 1 aromatic carbocycles. The van der Waals surface area contributed by atoms with E-state index in [9.17, 15) is 0 Å². The Hall–Kier alpha value is -2.49. The maximum absolute atomic E-state index is 5.96. The lowest BCUT2D eigenvalue weighted by molar-refractivity contribution is 0.321. The smallest absolute Gasteiger partial charge is 0.129 e. The lowest BCUT2D eigenvalue weighted by Crippen LogP contribution is -2.14. The van der Waals surface area contributed by atoms with Crippen molar-refractivity contribution in [1.29, 1.82) is 0 Å². The number of pyridine rings is 1. The van der Waals surface area contributed by atoms with Crippen LogP contribution in [0, 0.1) is 0 Å². The summed E-state index contributed by atoms with van der Waals surface area (Å²) in [4.78, 5) is 4.72. The molecular weight excluding hydrogens is 310 g/mol. The Morgan fingerprint density at radius 2 is 2.16 bits per heavy atom. The van der Waals surface area contributed by atoms with Gasteiger partial charge >= 0.3 is 0 Å². The number of fused-ring (bicyclic) bond motifs is 2. The lowest BCUT2D eigenvalue weighted by Gasteiger charge is -2.17. The zero-order chi connectivity index (χ0) is 17.1. The van der Waals surface area contributed by atoms with Crippen LogP contribution in [0.15, 0.2) is 42.6 Å². The third-order valence-electron chi connectivity index (χ3n) is 4.79. The van der Waals surface area contributed by atoms with Gasteiger partial charge in [-0.05, 0) is 55.2 Å². The van der Waals surface area contributed by atoms with Crippen LogP contribution in [0.2, 0.25) is 0 Å². The second-order valence-electron chi connectivity index (χ2n) is 6.67. The molecule has 3 heterocycles. The maximum Gasteiger partial charge on any atom is 0.129 e. The number of rotatable bonds is 6. The first-order valence-electron chi connectivity index (χ1n) is 9.28. The highest BCUT2D eigenvalue weighted by Gasteiger charge is 2.10. The standard InChI is InChI=1S/C21H25N3O/c1-2-12-24-13-9-17-15-19(7-8-20(17)24)25-14-10-18-6-5-16-4-3-11-22-21(16)23-18/h5-9,13,15H,2-4,10-12,14H2,1H3,(H,22,23). The van der Waals surface area contributed by atoms with Crippen molar-refractivity contribution in [3.05, 3.63) is 53.9 Å². The van der Waals surface area contributed by atoms with Crippen LogP contribution in [-0.2, 0) is 19.4 Å². The quantitative estimate of drug-likeness (QED) is 0.724. The van der Waals surface area contributed by atoms with Crippen molar-refractivity contribution in [2.75, 3.05) is 18.5 Å². The first kappa shape index (κ1) is 16.0. The highest BCUT2D eigenvalue weighted by molar-refractivity contribution is 5.81.